The molecule has 35 heavy (non-hydrogen) atoms. The molecule has 2 unspecified atom stereocenters. The van der Waals surface area contributed by atoms with Crippen LogP contribution in [0.15, 0.2) is 48.5 Å². The van der Waals surface area contributed by atoms with Crippen LogP contribution in [0.4, 0.5) is 4.79 Å². The molecule has 0 spiro atoms. The summed E-state index contributed by atoms with van der Waals surface area (Å²) < 4.78 is 5.65. The molecule has 0 aliphatic heterocycles. The zero-order chi connectivity index (χ0) is 24.6. The summed E-state index contributed by atoms with van der Waals surface area (Å²) in [4.78, 5) is 38.3. The number of hydrogen-bond acceptors (Lipinski definition) is 4. The van der Waals surface area contributed by atoms with E-state index < -0.39 is 29.0 Å². The molecule has 3 N–H and O–H groups in total. The number of carbonyl (C=O) groups excluding carboxylic acids is 2. The van der Waals surface area contributed by atoms with Gasteiger partial charge in [0.05, 0.1) is 0 Å². The minimum Gasteiger partial charge on any atom is -0.480 e. The molecule has 184 valence electrons. The summed E-state index contributed by atoms with van der Waals surface area (Å²) in [5, 5.41) is 15.5. The summed E-state index contributed by atoms with van der Waals surface area (Å²) in [7, 11) is 0. The number of ether oxygens (including phenoxy) is 1. The fourth-order valence-corrected chi connectivity index (χ4v) is 6.02. The maximum absolute atomic E-state index is 13.3. The molecule has 0 bridgehead atoms. The summed E-state index contributed by atoms with van der Waals surface area (Å²) in [5.41, 5.74) is 2.13. The molecule has 2 amide bonds. The first kappa shape index (κ1) is 23.4. The average Bonchev–Trinajstić information content (AvgIpc) is 3.13. The first-order valence-corrected chi connectivity index (χ1v) is 12.5. The highest BCUT2D eigenvalue weighted by Gasteiger charge is 2.51. The molecule has 2 fully saturated rings. The van der Waals surface area contributed by atoms with Crippen molar-refractivity contribution < 1.29 is 24.2 Å². The van der Waals surface area contributed by atoms with Crippen LogP contribution in [0.25, 0.3) is 11.1 Å². The minimum absolute atomic E-state index is 0.0710. The van der Waals surface area contributed by atoms with E-state index >= 15 is 0 Å². The van der Waals surface area contributed by atoms with Gasteiger partial charge in [-0.15, -0.1) is 0 Å². The van der Waals surface area contributed by atoms with Crippen molar-refractivity contribution in [2.24, 2.45) is 5.92 Å². The van der Waals surface area contributed by atoms with Gasteiger partial charge in [-0.05, 0) is 60.3 Å². The van der Waals surface area contributed by atoms with E-state index in [1.165, 1.54) is 0 Å². The van der Waals surface area contributed by atoms with Crippen molar-refractivity contribution in [3.8, 4) is 11.1 Å². The molecule has 5 rings (SSSR count). The molecule has 2 aromatic carbocycles. The van der Waals surface area contributed by atoms with Crippen LogP contribution in [0.1, 0.15) is 68.9 Å². The van der Waals surface area contributed by atoms with Crippen LogP contribution in [0.2, 0.25) is 0 Å². The molecule has 0 radical (unpaired) electrons. The van der Waals surface area contributed by atoms with E-state index in [9.17, 15) is 19.5 Å². The van der Waals surface area contributed by atoms with Crippen molar-refractivity contribution in [2.45, 2.75) is 68.9 Å². The zero-order valence-electron chi connectivity index (χ0n) is 20.0. The average molecular weight is 477 g/mol. The summed E-state index contributed by atoms with van der Waals surface area (Å²) in [6.07, 6.45) is 3.57. The number of fused-ring (bicyclic) bond motifs is 3. The van der Waals surface area contributed by atoms with Crippen LogP contribution in [-0.2, 0) is 14.3 Å². The van der Waals surface area contributed by atoms with Crippen LogP contribution in [0.5, 0.6) is 0 Å². The van der Waals surface area contributed by atoms with Gasteiger partial charge in [-0.1, -0.05) is 68.3 Å². The molecular weight excluding hydrogens is 444 g/mol. The summed E-state index contributed by atoms with van der Waals surface area (Å²) >= 11 is 0. The van der Waals surface area contributed by atoms with E-state index in [4.69, 9.17) is 4.74 Å². The molecule has 0 aromatic heterocycles. The van der Waals surface area contributed by atoms with Crippen molar-refractivity contribution in [2.75, 3.05) is 6.61 Å². The topological polar surface area (TPSA) is 105 Å². The third-order valence-corrected chi connectivity index (χ3v) is 8.09. The number of hydrogen-bond donors (Lipinski definition) is 3. The van der Waals surface area contributed by atoms with Gasteiger partial charge in [-0.25, -0.2) is 9.59 Å². The van der Waals surface area contributed by atoms with E-state index in [1.807, 2.05) is 31.2 Å². The van der Waals surface area contributed by atoms with Gasteiger partial charge in [0.15, 0.2) is 0 Å². The predicted molar refractivity (Wildman–Crippen MR) is 131 cm³/mol. The quantitative estimate of drug-likeness (QED) is 0.565. The molecule has 0 heterocycles. The maximum Gasteiger partial charge on any atom is 0.408 e. The lowest BCUT2D eigenvalue weighted by molar-refractivity contribution is -0.152. The number of amides is 2. The second-order valence-corrected chi connectivity index (χ2v) is 10.4. The normalized spacial score (nSPS) is 24.4. The van der Waals surface area contributed by atoms with Gasteiger partial charge < -0.3 is 20.5 Å². The number of nitrogens with one attached hydrogen (secondary N) is 2. The Morgan fingerprint density at radius 2 is 1.51 bits per heavy atom. The minimum atomic E-state index is -1.28. The van der Waals surface area contributed by atoms with Crippen molar-refractivity contribution in [3.05, 3.63) is 59.7 Å². The maximum atomic E-state index is 13.3. The molecule has 3 aliphatic carbocycles. The van der Waals surface area contributed by atoms with E-state index in [0.717, 1.165) is 41.5 Å². The number of carboxylic acids is 1. The Morgan fingerprint density at radius 1 is 0.914 bits per heavy atom. The largest absolute Gasteiger partial charge is 0.480 e. The van der Waals surface area contributed by atoms with Crippen LogP contribution in [-0.4, -0.2) is 40.8 Å². The van der Waals surface area contributed by atoms with Gasteiger partial charge in [0.2, 0.25) is 5.91 Å². The second kappa shape index (κ2) is 9.02. The highest BCUT2D eigenvalue weighted by atomic mass is 16.5. The number of carboxylic acid groups (broad SMARTS) is 1. The Morgan fingerprint density at radius 3 is 2.06 bits per heavy atom. The van der Waals surface area contributed by atoms with Crippen molar-refractivity contribution in [1.29, 1.82) is 0 Å². The van der Waals surface area contributed by atoms with E-state index in [2.05, 4.69) is 34.9 Å². The molecule has 7 heteroatoms. The van der Waals surface area contributed by atoms with Crippen LogP contribution >= 0.6 is 0 Å². The summed E-state index contributed by atoms with van der Waals surface area (Å²) in [6.45, 7) is 2.17. The first-order chi connectivity index (χ1) is 16.8. The van der Waals surface area contributed by atoms with Gasteiger partial charge in [-0.3, -0.25) is 4.79 Å². The lowest BCUT2D eigenvalue weighted by atomic mass is 9.73. The van der Waals surface area contributed by atoms with E-state index in [1.54, 1.807) is 0 Å². The number of rotatable bonds is 6. The van der Waals surface area contributed by atoms with Gasteiger partial charge in [0, 0.05) is 5.92 Å². The highest BCUT2D eigenvalue weighted by molar-refractivity contribution is 5.95. The number of benzene rings is 2. The third-order valence-electron chi connectivity index (χ3n) is 8.09. The molecule has 2 saturated carbocycles. The second-order valence-electron chi connectivity index (χ2n) is 10.4. The highest BCUT2D eigenvalue weighted by Crippen LogP contribution is 2.44. The number of aliphatic carboxylic acids is 1. The van der Waals surface area contributed by atoms with Crippen molar-refractivity contribution >= 4 is 18.0 Å². The molecule has 2 aromatic rings. The predicted octanol–water partition coefficient (Wildman–Crippen LogP) is 4.60. The fraction of sp³-hybridized carbons (Fsp3) is 0.464. The molecular formula is C28H32N2O5. The van der Waals surface area contributed by atoms with Gasteiger partial charge in [0.1, 0.15) is 17.7 Å². The molecule has 0 saturated heterocycles. The Balaban J connectivity index is 1.26. The number of alkyl carbamates (subject to hydrolysis) is 1. The fourth-order valence-electron chi connectivity index (χ4n) is 6.02. The van der Waals surface area contributed by atoms with Crippen LogP contribution in [0.3, 0.4) is 0 Å². The lowest BCUT2D eigenvalue weighted by Crippen LogP contribution is -2.68. The van der Waals surface area contributed by atoms with Crippen LogP contribution in [0, 0.1) is 5.92 Å². The monoisotopic (exact) mass is 476 g/mol. The Hall–Kier alpha value is -3.35. The lowest BCUT2D eigenvalue weighted by Gasteiger charge is -2.44. The Kier molecular flexibility index (Phi) is 6.03. The van der Waals surface area contributed by atoms with Gasteiger partial charge in [0.25, 0.3) is 0 Å². The smallest absolute Gasteiger partial charge is 0.408 e. The van der Waals surface area contributed by atoms with Gasteiger partial charge in [-0.2, -0.15) is 0 Å². The molecule has 3 aliphatic rings. The Labute approximate surface area is 205 Å². The molecule has 7 nitrogen and oxygen atoms in total. The van der Waals surface area contributed by atoms with Crippen molar-refractivity contribution in [1.82, 2.24) is 10.6 Å². The van der Waals surface area contributed by atoms with Crippen molar-refractivity contribution in [3.63, 3.8) is 0 Å². The molecule has 2 atom stereocenters. The SMILES string of the molecule is CC1CCCC(NC(=O)C2(NC(=O)OCC3c4ccccc4-c4ccccc43)CCC2)(C(=O)O)C1. The number of carbonyl (C=O) groups is 3. The standard InChI is InChI=1S/C28H32N2O5/c1-18-8-6-13-28(16-18,25(32)33)29-24(31)27(14-7-15-27)30-26(34)35-17-23-21-11-4-2-9-19(21)20-10-3-5-12-22(20)23/h2-5,9-12,18,23H,6-8,13-17H2,1H3,(H,29,31)(H,30,34)(H,32,33). The van der Waals surface area contributed by atoms with E-state index in [0.29, 0.717) is 25.7 Å². The third kappa shape index (κ3) is 4.17. The van der Waals surface area contributed by atoms with Crippen LogP contribution < -0.4 is 10.6 Å². The Bertz CT molecular complexity index is 1110. The zero-order valence-corrected chi connectivity index (χ0v) is 20.0. The summed E-state index contributed by atoms with van der Waals surface area (Å²) in [6, 6.07) is 16.2. The van der Waals surface area contributed by atoms with E-state index in [-0.39, 0.29) is 18.4 Å². The van der Waals surface area contributed by atoms with Gasteiger partial charge >= 0.3 is 12.1 Å². The first-order valence-electron chi connectivity index (χ1n) is 12.5. The summed E-state index contributed by atoms with van der Waals surface area (Å²) in [5.74, 6) is -1.28.